The Morgan fingerprint density at radius 3 is 2.45 bits per heavy atom. The molecule has 126 valence electrons. The van der Waals surface area contributed by atoms with Crippen LogP contribution in [0.5, 0.6) is 0 Å². The second-order valence-corrected chi connectivity index (χ2v) is 6.50. The number of hydrogen-bond donors (Lipinski definition) is 1. The Kier molecular flexibility index (Phi) is 7.16. The first kappa shape index (κ1) is 17.3. The van der Waals surface area contributed by atoms with Crippen LogP contribution in [-0.2, 0) is 14.3 Å². The molecular formula is C17H30N2O3. The number of piperidine rings is 1. The first-order valence-electron chi connectivity index (χ1n) is 8.84. The fraction of sp³-hybridized carbons (Fsp3) is 0.882. The number of rotatable bonds is 7. The summed E-state index contributed by atoms with van der Waals surface area (Å²) in [6.07, 6.45) is 6.96. The Bertz CT molecular complexity index is 359. The van der Waals surface area contributed by atoms with E-state index in [4.69, 9.17) is 4.74 Å². The third-order valence-corrected chi connectivity index (χ3v) is 4.92. The van der Waals surface area contributed by atoms with Crippen LogP contribution >= 0.6 is 0 Å². The Labute approximate surface area is 133 Å². The molecule has 1 heterocycles. The predicted octanol–water partition coefficient (Wildman–Crippen LogP) is 1.96. The number of carbonyl (C=O) groups excluding carboxylic acids is 2. The van der Waals surface area contributed by atoms with Crippen LogP contribution in [0.25, 0.3) is 0 Å². The second kappa shape index (κ2) is 9.13. The van der Waals surface area contributed by atoms with Crippen molar-refractivity contribution >= 4 is 11.8 Å². The normalized spacial score (nSPS) is 20.3. The lowest BCUT2D eigenvalue weighted by Gasteiger charge is -2.32. The smallest absolute Gasteiger partial charge is 0.224 e. The number of hydrogen-bond acceptors (Lipinski definition) is 3. The molecule has 0 radical (unpaired) electrons. The topological polar surface area (TPSA) is 58.6 Å². The standard InChI is InChI=1S/C17H30N2O3/c1-2-22-12-9-16(20)19-10-7-14(8-11-19)13-18-17(21)15-5-3-4-6-15/h14-15H,2-13H2,1H3,(H,18,21). The van der Waals surface area contributed by atoms with Crippen molar-refractivity contribution in [2.45, 2.75) is 51.9 Å². The highest BCUT2D eigenvalue weighted by Crippen LogP contribution is 2.25. The van der Waals surface area contributed by atoms with Gasteiger partial charge in [-0.25, -0.2) is 0 Å². The van der Waals surface area contributed by atoms with E-state index in [0.717, 1.165) is 45.3 Å². The Morgan fingerprint density at radius 1 is 1.14 bits per heavy atom. The molecule has 0 aromatic carbocycles. The highest BCUT2D eigenvalue weighted by atomic mass is 16.5. The van der Waals surface area contributed by atoms with Gasteiger partial charge in [0.2, 0.25) is 11.8 Å². The van der Waals surface area contributed by atoms with Crippen molar-refractivity contribution in [3.63, 3.8) is 0 Å². The molecule has 2 fully saturated rings. The molecule has 5 heteroatoms. The van der Waals surface area contributed by atoms with E-state index < -0.39 is 0 Å². The summed E-state index contributed by atoms with van der Waals surface area (Å²) in [7, 11) is 0. The number of amides is 2. The Morgan fingerprint density at radius 2 is 1.82 bits per heavy atom. The van der Waals surface area contributed by atoms with Crippen LogP contribution in [-0.4, -0.2) is 49.6 Å². The van der Waals surface area contributed by atoms with Crippen LogP contribution in [0.4, 0.5) is 0 Å². The minimum atomic E-state index is 0.196. The van der Waals surface area contributed by atoms with Gasteiger partial charge in [0.1, 0.15) is 0 Å². The van der Waals surface area contributed by atoms with Gasteiger partial charge >= 0.3 is 0 Å². The zero-order valence-corrected chi connectivity index (χ0v) is 13.8. The van der Waals surface area contributed by atoms with Crippen LogP contribution in [0.1, 0.15) is 51.9 Å². The summed E-state index contributed by atoms with van der Waals surface area (Å²) >= 11 is 0. The minimum absolute atomic E-state index is 0.196. The molecule has 0 aromatic rings. The van der Waals surface area contributed by atoms with Gasteiger partial charge in [-0.3, -0.25) is 9.59 Å². The summed E-state index contributed by atoms with van der Waals surface area (Å²) < 4.78 is 5.23. The SMILES string of the molecule is CCOCCC(=O)N1CCC(CNC(=O)C2CCCC2)CC1. The van der Waals surface area contributed by atoms with Crippen LogP contribution in [0.3, 0.4) is 0 Å². The summed E-state index contributed by atoms with van der Waals surface area (Å²) in [6, 6.07) is 0. The van der Waals surface area contributed by atoms with E-state index in [0.29, 0.717) is 25.6 Å². The molecule has 2 rings (SSSR count). The third kappa shape index (κ3) is 5.27. The molecule has 0 bridgehead atoms. The Balaban J connectivity index is 1.60. The molecule has 0 spiro atoms. The van der Waals surface area contributed by atoms with E-state index in [2.05, 4.69) is 5.32 Å². The molecule has 2 amide bonds. The maximum atomic E-state index is 12.0. The van der Waals surface area contributed by atoms with Gasteiger partial charge in [0.15, 0.2) is 0 Å². The molecule has 1 saturated heterocycles. The minimum Gasteiger partial charge on any atom is -0.381 e. The largest absolute Gasteiger partial charge is 0.381 e. The molecule has 1 N–H and O–H groups in total. The van der Waals surface area contributed by atoms with E-state index in [-0.39, 0.29) is 17.7 Å². The average molecular weight is 310 g/mol. The monoisotopic (exact) mass is 310 g/mol. The molecule has 2 aliphatic rings. The summed E-state index contributed by atoms with van der Waals surface area (Å²) in [5.41, 5.74) is 0. The molecule has 0 atom stereocenters. The van der Waals surface area contributed by atoms with Crippen molar-refractivity contribution in [2.75, 3.05) is 32.8 Å². The van der Waals surface area contributed by atoms with Crippen molar-refractivity contribution in [3.05, 3.63) is 0 Å². The number of nitrogens with one attached hydrogen (secondary N) is 1. The first-order chi connectivity index (χ1) is 10.7. The number of likely N-dealkylation sites (tertiary alicyclic amines) is 1. The van der Waals surface area contributed by atoms with E-state index in [1.165, 1.54) is 12.8 Å². The average Bonchev–Trinajstić information content (AvgIpc) is 3.08. The van der Waals surface area contributed by atoms with Crippen LogP contribution in [0, 0.1) is 11.8 Å². The van der Waals surface area contributed by atoms with Crippen molar-refractivity contribution < 1.29 is 14.3 Å². The summed E-state index contributed by atoms with van der Waals surface area (Å²) in [6.45, 7) is 5.53. The molecule has 5 nitrogen and oxygen atoms in total. The van der Waals surface area contributed by atoms with E-state index in [1.54, 1.807) is 0 Å². The highest BCUT2D eigenvalue weighted by molar-refractivity contribution is 5.78. The predicted molar refractivity (Wildman–Crippen MR) is 85.4 cm³/mol. The van der Waals surface area contributed by atoms with Gasteiger partial charge in [-0.2, -0.15) is 0 Å². The third-order valence-electron chi connectivity index (χ3n) is 4.92. The van der Waals surface area contributed by atoms with Crippen LogP contribution in [0.2, 0.25) is 0 Å². The fourth-order valence-electron chi connectivity index (χ4n) is 3.43. The lowest BCUT2D eigenvalue weighted by atomic mass is 9.96. The second-order valence-electron chi connectivity index (χ2n) is 6.50. The first-order valence-corrected chi connectivity index (χ1v) is 8.84. The van der Waals surface area contributed by atoms with E-state index in [9.17, 15) is 9.59 Å². The lowest BCUT2D eigenvalue weighted by Crippen LogP contribution is -2.42. The van der Waals surface area contributed by atoms with Crippen LogP contribution < -0.4 is 5.32 Å². The molecule has 0 unspecified atom stereocenters. The van der Waals surface area contributed by atoms with E-state index in [1.807, 2.05) is 11.8 Å². The van der Waals surface area contributed by atoms with Gasteiger partial charge in [-0.1, -0.05) is 12.8 Å². The van der Waals surface area contributed by atoms with Gasteiger partial charge < -0.3 is 15.0 Å². The fourth-order valence-corrected chi connectivity index (χ4v) is 3.43. The van der Waals surface area contributed by atoms with Crippen molar-refractivity contribution in [1.29, 1.82) is 0 Å². The summed E-state index contributed by atoms with van der Waals surface area (Å²) in [4.78, 5) is 26.0. The van der Waals surface area contributed by atoms with Crippen molar-refractivity contribution in [2.24, 2.45) is 11.8 Å². The molecule has 1 aliphatic carbocycles. The molecule has 22 heavy (non-hydrogen) atoms. The lowest BCUT2D eigenvalue weighted by molar-refractivity contribution is -0.134. The highest BCUT2D eigenvalue weighted by Gasteiger charge is 2.25. The molecule has 1 aliphatic heterocycles. The van der Waals surface area contributed by atoms with Gasteiger partial charge in [0.05, 0.1) is 13.0 Å². The number of carbonyl (C=O) groups is 2. The van der Waals surface area contributed by atoms with Crippen LogP contribution in [0.15, 0.2) is 0 Å². The maximum absolute atomic E-state index is 12.0. The number of nitrogens with zero attached hydrogens (tertiary/aromatic N) is 1. The number of ether oxygens (including phenoxy) is 1. The molecular weight excluding hydrogens is 280 g/mol. The van der Waals surface area contributed by atoms with Gasteiger partial charge in [0, 0.05) is 32.2 Å². The van der Waals surface area contributed by atoms with E-state index >= 15 is 0 Å². The quantitative estimate of drug-likeness (QED) is 0.731. The molecule has 1 saturated carbocycles. The Hall–Kier alpha value is -1.10. The zero-order valence-electron chi connectivity index (χ0n) is 13.8. The zero-order chi connectivity index (χ0) is 15.8. The van der Waals surface area contributed by atoms with Gasteiger partial charge in [-0.15, -0.1) is 0 Å². The van der Waals surface area contributed by atoms with Crippen molar-refractivity contribution in [3.8, 4) is 0 Å². The maximum Gasteiger partial charge on any atom is 0.224 e. The van der Waals surface area contributed by atoms with Crippen molar-refractivity contribution in [1.82, 2.24) is 10.2 Å². The van der Waals surface area contributed by atoms with Gasteiger partial charge in [0.25, 0.3) is 0 Å². The summed E-state index contributed by atoms with van der Waals surface area (Å²) in [5, 5.41) is 3.12. The summed E-state index contributed by atoms with van der Waals surface area (Å²) in [5.74, 6) is 1.20. The molecule has 0 aromatic heterocycles. The van der Waals surface area contributed by atoms with Gasteiger partial charge in [-0.05, 0) is 38.5 Å².